The highest BCUT2D eigenvalue weighted by molar-refractivity contribution is 6.04. The average molecular weight is 359 g/mol. The van der Waals surface area contributed by atoms with Crippen LogP contribution in [0.3, 0.4) is 0 Å². The summed E-state index contributed by atoms with van der Waals surface area (Å²) in [6.45, 7) is 0.296. The van der Waals surface area contributed by atoms with Gasteiger partial charge in [-0.05, 0) is 17.7 Å². The number of primary amides is 1. The zero-order valence-electron chi connectivity index (χ0n) is 14.8. The van der Waals surface area contributed by atoms with Gasteiger partial charge in [-0.1, -0.05) is 12.1 Å². The van der Waals surface area contributed by atoms with Gasteiger partial charge in [-0.2, -0.15) is 0 Å². The zero-order chi connectivity index (χ0) is 19.1. The molecule has 2 aromatic rings. The molecule has 2 aromatic carbocycles. The molecule has 0 aliphatic rings. The van der Waals surface area contributed by atoms with Crippen molar-refractivity contribution < 1.29 is 23.8 Å². The van der Waals surface area contributed by atoms with Crippen LogP contribution in [0, 0.1) is 0 Å². The minimum absolute atomic E-state index is 0.296. The second kappa shape index (κ2) is 8.61. The molecule has 0 bridgehead atoms. The standard InChI is InChI=1S/C18H21N3O5/c1-24-14-8-13(9-15(25-2)16(14)26-3)21-17(22)12-6-4-11(5-7-12)10-20-18(19)23/h4-9H,10H2,1-3H3,(H,21,22)(H3,19,20,23). The van der Waals surface area contributed by atoms with E-state index in [1.165, 1.54) is 21.3 Å². The summed E-state index contributed by atoms with van der Waals surface area (Å²) in [5.41, 5.74) is 6.82. The van der Waals surface area contributed by atoms with Crippen molar-refractivity contribution >= 4 is 17.6 Å². The maximum Gasteiger partial charge on any atom is 0.312 e. The van der Waals surface area contributed by atoms with E-state index in [1.54, 1.807) is 36.4 Å². The van der Waals surface area contributed by atoms with Crippen molar-refractivity contribution in [3.8, 4) is 17.2 Å². The number of carbonyl (C=O) groups excluding carboxylic acids is 2. The molecular formula is C18H21N3O5. The molecule has 0 aromatic heterocycles. The number of anilines is 1. The van der Waals surface area contributed by atoms with Crippen molar-refractivity contribution in [2.45, 2.75) is 6.54 Å². The maximum absolute atomic E-state index is 12.4. The molecule has 0 saturated carbocycles. The number of hydrogen-bond donors (Lipinski definition) is 3. The van der Waals surface area contributed by atoms with E-state index in [0.29, 0.717) is 35.0 Å². The minimum Gasteiger partial charge on any atom is -0.493 e. The Balaban J connectivity index is 2.15. The molecule has 8 heteroatoms. The Morgan fingerprint density at radius 2 is 1.54 bits per heavy atom. The van der Waals surface area contributed by atoms with Gasteiger partial charge in [0.25, 0.3) is 5.91 Å². The number of hydrogen-bond acceptors (Lipinski definition) is 5. The molecule has 0 radical (unpaired) electrons. The first-order valence-electron chi connectivity index (χ1n) is 7.72. The third kappa shape index (κ3) is 4.56. The summed E-state index contributed by atoms with van der Waals surface area (Å²) in [7, 11) is 4.51. The van der Waals surface area contributed by atoms with Gasteiger partial charge in [0.2, 0.25) is 5.75 Å². The van der Waals surface area contributed by atoms with Crippen molar-refractivity contribution in [2.24, 2.45) is 5.73 Å². The van der Waals surface area contributed by atoms with E-state index in [1.807, 2.05) is 0 Å². The summed E-state index contributed by atoms with van der Waals surface area (Å²) in [6, 6.07) is 9.47. The van der Waals surface area contributed by atoms with E-state index in [2.05, 4.69) is 10.6 Å². The predicted octanol–water partition coefficient (Wildman–Crippen LogP) is 2.13. The molecule has 0 saturated heterocycles. The summed E-state index contributed by atoms with van der Waals surface area (Å²) >= 11 is 0. The molecule has 8 nitrogen and oxygen atoms in total. The van der Waals surface area contributed by atoms with Crippen LogP contribution >= 0.6 is 0 Å². The van der Waals surface area contributed by atoms with Crippen LogP contribution < -0.4 is 30.6 Å². The summed E-state index contributed by atoms with van der Waals surface area (Å²) in [6.07, 6.45) is 0. The highest BCUT2D eigenvalue weighted by Crippen LogP contribution is 2.40. The minimum atomic E-state index is -0.603. The lowest BCUT2D eigenvalue weighted by atomic mass is 10.1. The van der Waals surface area contributed by atoms with Gasteiger partial charge in [0.1, 0.15) is 0 Å². The Morgan fingerprint density at radius 3 is 2.00 bits per heavy atom. The van der Waals surface area contributed by atoms with Crippen molar-refractivity contribution in [1.82, 2.24) is 5.32 Å². The van der Waals surface area contributed by atoms with Crippen molar-refractivity contribution in [1.29, 1.82) is 0 Å². The summed E-state index contributed by atoms with van der Waals surface area (Å²) in [4.78, 5) is 23.2. The van der Waals surface area contributed by atoms with Crippen LogP contribution in [0.5, 0.6) is 17.2 Å². The number of urea groups is 1. The lowest BCUT2D eigenvalue weighted by Crippen LogP contribution is -2.28. The first-order valence-corrected chi connectivity index (χ1v) is 7.72. The second-order valence-electron chi connectivity index (χ2n) is 5.28. The van der Waals surface area contributed by atoms with Crippen LogP contribution in [-0.2, 0) is 6.54 Å². The lowest BCUT2D eigenvalue weighted by Gasteiger charge is -2.14. The molecule has 0 heterocycles. The number of methoxy groups -OCH3 is 3. The van der Waals surface area contributed by atoms with Crippen LogP contribution in [0.1, 0.15) is 15.9 Å². The molecule has 3 amide bonds. The van der Waals surface area contributed by atoms with Gasteiger partial charge in [0.05, 0.1) is 21.3 Å². The largest absolute Gasteiger partial charge is 0.493 e. The topological polar surface area (TPSA) is 112 Å². The number of amides is 3. The van der Waals surface area contributed by atoms with Gasteiger partial charge in [-0.3, -0.25) is 4.79 Å². The highest BCUT2D eigenvalue weighted by atomic mass is 16.5. The number of rotatable bonds is 7. The van der Waals surface area contributed by atoms with Crippen molar-refractivity contribution in [3.63, 3.8) is 0 Å². The average Bonchev–Trinajstić information content (AvgIpc) is 2.65. The molecule has 0 atom stereocenters. The Morgan fingerprint density at radius 1 is 0.962 bits per heavy atom. The van der Waals surface area contributed by atoms with Gasteiger partial charge in [0.15, 0.2) is 11.5 Å². The first kappa shape index (κ1) is 18.9. The summed E-state index contributed by atoms with van der Waals surface area (Å²) in [5, 5.41) is 5.27. The fourth-order valence-electron chi connectivity index (χ4n) is 2.32. The molecule has 4 N–H and O–H groups in total. The van der Waals surface area contributed by atoms with Crippen molar-refractivity contribution in [3.05, 3.63) is 47.5 Å². The predicted molar refractivity (Wildman–Crippen MR) is 96.9 cm³/mol. The highest BCUT2D eigenvalue weighted by Gasteiger charge is 2.15. The molecule has 138 valence electrons. The van der Waals surface area contributed by atoms with Crippen LogP contribution in [0.2, 0.25) is 0 Å². The SMILES string of the molecule is COc1cc(NC(=O)c2ccc(CNC(N)=O)cc2)cc(OC)c1OC. The fraction of sp³-hybridized carbons (Fsp3) is 0.222. The molecular weight excluding hydrogens is 338 g/mol. The molecule has 0 aliphatic heterocycles. The summed E-state index contributed by atoms with van der Waals surface area (Å²) in [5.74, 6) is 1.03. The van der Waals surface area contributed by atoms with E-state index < -0.39 is 6.03 Å². The van der Waals surface area contributed by atoms with Gasteiger partial charge in [0, 0.05) is 29.9 Å². The van der Waals surface area contributed by atoms with Crippen LogP contribution in [0.25, 0.3) is 0 Å². The molecule has 0 unspecified atom stereocenters. The zero-order valence-corrected chi connectivity index (χ0v) is 14.8. The van der Waals surface area contributed by atoms with E-state index in [9.17, 15) is 9.59 Å². The molecule has 26 heavy (non-hydrogen) atoms. The van der Waals surface area contributed by atoms with Gasteiger partial charge >= 0.3 is 6.03 Å². The Bertz CT molecular complexity index is 765. The molecule has 2 rings (SSSR count). The van der Waals surface area contributed by atoms with E-state index in [0.717, 1.165) is 5.56 Å². The number of ether oxygens (including phenoxy) is 3. The van der Waals surface area contributed by atoms with Gasteiger partial charge in [-0.25, -0.2) is 4.79 Å². The van der Waals surface area contributed by atoms with E-state index in [4.69, 9.17) is 19.9 Å². The monoisotopic (exact) mass is 359 g/mol. The van der Waals surface area contributed by atoms with Gasteiger partial charge in [-0.15, -0.1) is 0 Å². The Hall–Kier alpha value is -3.42. The second-order valence-corrected chi connectivity index (χ2v) is 5.28. The summed E-state index contributed by atoms with van der Waals surface area (Å²) < 4.78 is 15.8. The van der Waals surface area contributed by atoms with Crippen LogP contribution in [-0.4, -0.2) is 33.3 Å². The first-order chi connectivity index (χ1) is 12.5. The smallest absolute Gasteiger partial charge is 0.312 e. The van der Waals surface area contributed by atoms with E-state index >= 15 is 0 Å². The van der Waals surface area contributed by atoms with Crippen LogP contribution in [0.4, 0.5) is 10.5 Å². The maximum atomic E-state index is 12.4. The third-order valence-corrected chi connectivity index (χ3v) is 3.61. The number of carbonyl (C=O) groups is 2. The number of nitrogens with one attached hydrogen (secondary N) is 2. The normalized spacial score (nSPS) is 9.96. The van der Waals surface area contributed by atoms with Crippen LogP contribution in [0.15, 0.2) is 36.4 Å². The molecule has 0 aliphatic carbocycles. The van der Waals surface area contributed by atoms with Gasteiger partial charge < -0.3 is 30.6 Å². The molecule has 0 spiro atoms. The quantitative estimate of drug-likeness (QED) is 0.701. The third-order valence-electron chi connectivity index (χ3n) is 3.61. The van der Waals surface area contributed by atoms with Crippen molar-refractivity contribution in [2.75, 3.05) is 26.6 Å². The Kier molecular flexibility index (Phi) is 6.26. The van der Waals surface area contributed by atoms with E-state index in [-0.39, 0.29) is 5.91 Å². The lowest BCUT2D eigenvalue weighted by molar-refractivity contribution is 0.102. The number of benzene rings is 2. The molecule has 0 fully saturated rings. The fourth-order valence-corrected chi connectivity index (χ4v) is 2.32. The number of nitrogens with two attached hydrogens (primary N) is 1. The Labute approximate surface area is 151 Å².